The number of hydrogen-bond donors (Lipinski definition) is 2. The van der Waals surface area contributed by atoms with E-state index in [-0.39, 0.29) is 19.6 Å². The zero-order chi connectivity index (χ0) is 28.5. The molecule has 2 aromatic rings. The number of hydrogen-bond acceptors (Lipinski definition) is 9. The van der Waals surface area contributed by atoms with E-state index < -0.39 is 47.8 Å². The largest absolute Gasteiger partial charge is 0.497 e. The Labute approximate surface area is 225 Å². The van der Waals surface area contributed by atoms with Gasteiger partial charge in [-0.1, -0.05) is 30.3 Å². The monoisotopic (exact) mass is 541 g/mol. The van der Waals surface area contributed by atoms with Gasteiger partial charge in [-0.2, -0.15) is 0 Å². The lowest BCUT2D eigenvalue weighted by molar-refractivity contribution is -0.150. The molecular weight excluding hydrogens is 510 g/mol. The average Bonchev–Trinajstić information content (AvgIpc) is 3.22. The summed E-state index contributed by atoms with van der Waals surface area (Å²) in [5.41, 5.74) is 1.31. The molecule has 2 aromatic carbocycles. The van der Waals surface area contributed by atoms with Gasteiger partial charge >= 0.3 is 12.1 Å². The first-order chi connectivity index (χ1) is 18.7. The number of nitrogens with zero attached hydrogens (tertiary/aromatic N) is 1. The summed E-state index contributed by atoms with van der Waals surface area (Å²) in [5, 5.41) is 4.81. The quantitative estimate of drug-likeness (QED) is 0.319. The number of methoxy groups -OCH3 is 3. The van der Waals surface area contributed by atoms with Crippen LogP contribution in [0.15, 0.2) is 48.5 Å². The molecular formula is C27H31N3O9. The van der Waals surface area contributed by atoms with E-state index in [0.29, 0.717) is 17.1 Å². The number of benzene rings is 2. The van der Waals surface area contributed by atoms with Crippen LogP contribution in [0.4, 0.5) is 4.79 Å². The van der Waals surface area contributed by atoms with E-state index in [1.54, 1.807) is 42.5 Å². The van der Waals surface area contributed by atoms with Crippen LogP contribution in [0, 0.1) is 5.92 Å². The molecule has 12 heteroatoms. The number of alkyl carbamates (subject to hydrolysis) is 1. The normalized spacial score (nSPS) is 16.2. The van der Waals surface area contributed by atoms with Crippen molar-refractivity contribution in [2.24, 2.45) is 5.92 Å². The van der Waals surface area contributed by atoms with Crippen molar-refractivity contribution in [2.75, 3.05) is 21.3 Å². The van der Waals surface area contributed by atoms with Crippen LogP contribution in [-0.2, 0) is 41.8 Å². The molecule has 1 heterocycles. The van der Waals surface area contributed by atoms with Gasteiger partial charge in [0, 0.05) is 18.1 Å². The minimum absolute atomic E-state index is 0.000693. The van der Waals surface area contributed by atoms with Crippen LogP contribution in [0.2, 0.25) is 0 Å². The lowest BCUT2D eigenvalue weighted by atomic mass is 9.97. The van der Waals surface area contributed by atoms with Gasteiger partial charge in [0.1, 0.15) is 30.2 Å². The van der Waals surface area contributed by atoms with Crippen LogP contribution >= 0.6 is 0 Å². The van der Waals surface area contributed by atoms with Gasteiger partial charge in [0.2, 0.25) is 17.7 Å². The third-order valence-electron chi connectivity index (χ3n) is 6.20. The predicted molar refractivity (Wildman–Crippen MR) is 136 cm³/mol. The Morgan fingerprint density at radius 2 is 1.72 bits per heavy atom. The highest BCUT2D eigenvalue weighted by atomic mass is 16.5. The van der Waals surface area contributed by atoms with Gasteiger partial charge in [-0.25, -0.2) is 9.59 Å². The minimum Gasteiger partial charge on any atom is -0.497 e. The van der Waals surface area contributed by atoms with E-state index in [9.17, 15) is 24.0 Å². The SMILES string of the molecule is COC(=O)C(NC(=O)[C@H](C)NC(=O)OCc1ccccc1)C1CC(=O)N(Cc2ccc(OC)cc2OC)C1=O. The van der Waals surface area contributed by atoms with Gasteiger partial charge in [-0.05, 0) is 24.6 Å². The second kappa shape index (κ2) is 13.3. The molecule has 1 saturated heterocycles. The van der Waals surface area contributed by atoms with E-state index in [4.69, 9.17) is 18.9 Å². The third-order valence-corrected chi connectivity index (χ3v) is 6.20. The fourth-order valence-corrected chi connectivity index (χ4v) is 4.02. The molecule has 4 amide bonds. The maximum atomic E-state index is 13.2. The molecule has 1 fully saturated rings. The summed E-state index contributed by atoms with van der Waals surface area (Å²) >= 11 is 0. The van der Waals surface area contributed by atoms with Crippen molar-refractivity contribution in [1.82, 2.24) is 15.5 Å². The molecule has 2 unspecified atom stereocenters. The van der Waals surface area contributed by atoms with Gasteiger partial charge in [-0.3, -0.25) is 19.3 Å². The Morgan fingerprint density at radius 1 is 1.00 bits per heavy atom. The van der Waals surface area contributed by atoms with Crippen LogP contribution in [0.3, 0.4) is 0 Å². The molecule has 0 saturated carbocycles. The highest BCUT2D eigenvalue weighted by Gasteiger charge is 2.47. The van der Waals surface area contributed by atoms with E-state index in [0.717, 1.165) is 17.6 Å². The Bertz CT molecular complexity index is 1220. The van der Waals surface area contributed by atoms with Crippen molar-refractivity contribution in [2.45, 2.75) is 38.6 Å². The summed E-state index contributed by atoms with van der Waals surface area (Å²) in [6, 6.07) is 11.3. The number of carbonyl (C=O) groups excluding carboxylic acids is 5. The second-order valence-corrected chi connectivity index (χ2v) is 8.74. The summed E-state index contributed by atoms with van der Waals surface area (Å²) in [4.78, 5) is 64.6. The molecule has 1 aliphatic heterocycles. The summed E-state index contributed by atoms with van der Waals surface area (Å²) in [6.07, 6.45) is -1.17. The topological polar surface area (TPSA) is 150 Å². The van der Waals surface area contributed by atoms with Gasteiger partial charge in [-0.15, -0.1) is 0 Å². The molecule has 3 atom stereocenters. The molecule has 0 radical (unpaired) electrons. The number of likely N-dealkylation sites (tertiary alicyclic amines) is 1. The number of ether oxygens (including phenoxy) is 4. The fourth-order valence-electron chi connectivity index (χ4n) is 4.02. The van der Waals surface area contributed by atoms with Gasteiger partial charge in [0.15, 0.2) is 0 Å². The number of esters is 1. The molecule has 0 aromatic heterocycles. The molecule has 0 spiro atoms. The van der Waals surface area contributed by atoms with Crippen molar-refractivity contribution in [3.8, 4) is 11.5 Å². The van der Waals surface area contributed by atoms with Crippen molar-refractivity contribution in [3.05, 3.63) is 59.7 Å². The van der Waals surface area contributed by atoms with Gasteiger partial charge in [0.25, 0.3) is 0 Å². The van der Waals surface area contributed by atoms with Crippen molar-refractivity contribution < 1.29 is 42.9 Å². The maximum Gasteiger partial charge on any atom is 0.408 e. The standard InChI is InChI=1S/C27H31N3O9/c1-16(28-27(35)39-15-17-8-6-5-7-9-17)24(32)29-23(26(34)38-4)20-13-22(31)30(25(20)33)14-18-10-11-19(36-2)12-21(18)37-3/h5-12,16,20,23H,13-15H2,1-4H3,(H,28,35)(H,29,32)/t16-,20?,23?/m0/s1. The Hall–Kier alpha value is -4.61. The van der Waals surface area contributed by atoms with Crippen molar-refractivity contribution in [1.29, 1.82) is 0 Å². The predicted octanol–water partition coefficient (Wildman–Crippen LogP) is 1.55. The molecule has 208 valence electrons. The zero-order valence-electron chi connectivity index (χ0n) is 22.1. The van der Waals surface area contributed by atoms with E-state index in [1.165, 1.54) is 21.1 Å². The average molecular weight is 542 g/mol. The van der Waals surface area contributed by atoms with Crippen LogP contribution in [0.5, 0.6) is 11.5 Å². The van der Waals surface area contributed by atoms with E-state index >= 15 is 0 Å². The minimum atomic E-state index is -1.45. The molecule has 1 aliphatic rings. The van der Waals surface area contributed by atoms with Crippen molar-refractivity contribution in [3.63, 3.8) is 0 Å². The fraction of sp³-hybridized carbons (Fsp3) is 0.370. The second-order valence-electron chi connectivity index (χ2n) is 8.74. The molecule has 0 aliphatic carbocycles. The van der Waals surface area contributed by atoms with Crippen LogP contribution in [-0.4, -0.2) is 68.1 Å². The highest BCUT2D eigenvalue weighted by Crippen LogP contribution is 2.30. The van der Waals surface area contributed by atoms with Crippen molar-refractivity contribution >= 4 is 29.8 Å². The number of carbonyl (C=O) groups is 5. The van der Waals surface area contributed by atoms with Crippen LogP contribution in [0.1, 0.15) is 24.5 Å². The smallest absolute Gasteiger partial charge is 0.408 e. The number of nitrogens with one attached hydrogen (secondary N) is 2. The zero-order valence-corrected chi connectivity index (χ0v) is 22.1. The third kappa shape index (κ3) is 7.24. The van der Waals surface area contributed by atoms with Crippen LogP contribution < -0.4 is 20.1 Å². The molecule has 3 rings (SSSR count). The first-order valence-corrected chi connectivity index (χ1v) is 12.1. The highest BCUT2D eigenvalue weighted by molar-refractivity contribution is 6.06. The maximum absolute atomic E-state index is 13.2. The summed E-state index contributed by atoms with van der Waals surface area (Å²) in [7, 11) is 4.05. The first-order valence-electron chi connectivity index (χ1n) is 12.1. The Morgan fingerprint density at radius 3 is 2.36 bits per heavy atom. The first kappa shape index (κ1) is 29.0. The number of imide groups is 1. The van der Waals surface area contributed by atoms with Crippen LogP contribution in [0.25, 0.3) is 0 Å². The Kier molecular flexibility index (Phi) is 9.85. The van der Waals surface area contributed by atoms with Gasteiger partial charge in [0.05, 0.1) is 33.8 Å². The Balaban J connectivity index is 1.66. The summed E-state index contributed by atoms with van der Waals surface area (Å²) < 4.78 is 20.4. The molecule has 2 N–H and O–H groups in total. The molecule has 39 heavy (non-hydrogen) atoms. The lowest BCUT2D eigenvalue weighted by Crippen LogP contribution is -2.54. The number of rotatable bonds is 11. The number of amides is 4. The van der Waals surface area contributed by atoms with E-state index in [2.05, 4.69) is 10.6 Å². The molecule has 12 nitrogen and oxygen atoms in total. The van der Waals surface area contributed by atoms with E-state index in [1.807, 2.05) is 6.07 Å². The van der Waals surface area contributed by atoms with Gasteiger partial charge < -0.3 is 29.6 Å². The summed E-state index contributed by atoms with van der Waals surface area (Å²) in [5.74, 6) is -3.11. The lowest BCUT2D eigenvalue weighted by Gasteiger charge is -2.23. The summed E-state index contributed by atoms with van der Waals surface area (Å²) in [6.45, 7) is 1.28. The molecule has 0 bridgehead atoms.